The van der Waals surface area contributed by atoms with E-state index in [1.165, 1.54) is 10.7 Å². The molecule has 2 aromatic heterocycles. The van der Waals surface area contributed by atoms with Crippen molar-refractivity contribution < 1.29 is 23.4 Å². The Morgan fingerprint density at radius 2 is 1.86 bits per heavy atom. The average molecular weight is 495 g/mol. The molecule has 1 saturated heterocycles. The predicted molar refractivity (Wildman–Crippen MR) is 128 cm³/mol. The summed E-state index contributed by atoms with van der Waals surface area (Å²) in [7, 11) is 1.63. The van der Waals surface area contributed by atoms with Crippen molar-refractivity contribution in [2.45, 2.75) is 19.6 Å². The minimum Gasteiger partial charge on any atom is -0.481 e. The number of nitrogens with zero attached hydrogens (tertiary/aromatic N) is 5. The number of halogens is 2. The lowest BCUT2D eigenvalue weighted by atomic mass is 9.97. The van der Waals surface area contributed by atoms with Gasteiger partial charge in [-0.2, -0.15) is 8.78 Å². The summed E-state index contributed by atoms with van der Waals surface area (Å²) >= 11 is 0. The van der Waals surface area contributed by atoms with Crippen LogP contribution < -0.4 is 15.2 Å². The molecule has 1 N–H and O–H groups in total. The van der Waals surface area contributed by atoms with Crippen LogP contribution in [0.2, 0.25) is 0 Å². The molecule has 11 heteroatoms. The number of rotatable bonds is 8. The molecule has 1 aliphatic heterocycles. The Morgan fingerprint density at radius 3 is 2.56 bits per heavy atom. The summed E-state index contributed by atoms with van der Waals surface area (Å²) < 4.78 is 33.6. The summed E-state index contributed by atoms with van der Waals surface area (Å²) in [5.74, 6) is -0.123. The fourth-order valence-electron chi connectivity index (χ4n) is 4.49. The van der Waals surface area contributed by atoms with E-state index in [-0.39, 0.29) is 30.2 Å². The van der Waals surface area contributed by atoms with Gasteiger partial charge in [-0.1, -0.05) is 24.3 Å². The third-order valence-electron chi connectivity index (χ3n) is 6.35. The highest BCUT2D eigenvalue weighted by Gasteiger charge is 2.30. The van der Waals surface area contributed by atoms with Crippen LogP contribution in [0.5, 0.6) is 5.75 Å². The molecule has 0 spiro atoms. The zero-order valence-corrected chi connectivity index (χ0v) is 19.3. The lowest BCUT2D eigenvalue weighted by molar-refractivity contribution is -0.138. The number of aliphatic carboxylic acids is 1. The number of carboxylic acids is 1. The van der Waals surface area contributed by atoms with Crippen molar-refractivity contribution in [2.75, 3.05) is 18.0 Å². The van der Waals surface area contributed by atoms with Gasteiger partial charge in [0.25, 0.3) is 5.56 Å². The topological polar surface area (TPSA) is 102 Å². The molecular weight excluding hydrogens is 472 g/mol. The highest BCUT2D eigenvalue weighted by atomic mass is 19.3. The molecule has 0 saturated carbocycles. The number of para-hydroxylation sites is 1. The molecule has 2 aromatic carbocycles. The predicted octanol–water partition coefficient (Wildman–Crippen LogP) is 3.36. The highest BCUT2D eigenvalue weighted by molar-refractivity contribution is 5.84. The van der Waals surface area contributed by atoms with E-state index in [1.54, 1.807) is 48.4 Å². The smallest absolute Gasteiger partial charge is 0.387 e. The summed E-state index contributed by atoms with van der Waals surface area (Å²) in [6, 6.07) is 11.9. The number of hydrogen-bond donors (Lipinski definition) is 1. The maximum atomic E-state index is 12.9. The van der Waals surface area contributed by atoms with Crippen LogP contribution in [0.15, 0.2) is 59.7 Å². The van der Waals surface area contributed by atoms with Gasteiger partial charge in [0.15, 0.2) is 0 Å². The van der Waals surface area contributed by atoms with Gasteiger partial charge in [0, 0.05) is 49.6 Å². The molecule has 186 valence electrons. The van der Waals surface area contributed by atoms with Crippen molar-refractivity contribution in [3.05, 3.63) is 70.8 Å². The Morgan fingerprint density at radius 1 is 1.14 bits per heavy atom. The second-order valence-electron chi connectivity index (χ2n) is 8.75. The van der Waals surface area contributed by atoms with Gasteiger partial charge < -0.3 is 14.7 Å². The van der Waals surface area contributed by atoms with Gasteiger partial charge in [-0.05, 0) is 23.8 Å². The maximum Gasteiger partial charge on any atom is 0.387 e. The second kappa shape index (κ2) is 9.40. The van der Waals surface area contributed by atoms with E-state index >= 15 is 0 Å². The minimum absolute atomic E-state index is 0.0542. The normalized spacial score (nSPS) is 13.8. The number of benzene rings is 2. The molecule has 9 nitrogen and oxygen atoms in total. The Labute approximate surface area is 204 Å². The van der Waals surface area contributed by atoms with E-state index in [0.29, 0.717) is 35.5 Å². The number of alkyl halides is 2. The highest BCUT2D eigenvalue weighted by Crippen LogP contribution is 2.28. The average Bonchev–Trinajstić information content (AvgIpc) is 3.06. The van der Waals surface area contributed by atoms with E-state index in [2.05, 4.69) is 14.7 Å². The largest absolute Gasteiger partial charge is 0.481 e. The molecule has 0 unspecified atom stereocenters. The number of aromatic nitrogens is 4. The van der Waals surface area contributed by atoms with E-state index in [4.69, 9.17) is 5.11 Å². The molecule has 0 radical (unpaired) electrons. The second-order valence-corrected chi connectivity index (χ2v) is 8.75. The Hall–Kier alpha value is -4.28. The van der Waals surface area contributed by atoms with Gasteiger partial charge in [-0.3, -0.25) is 19.0 Å². The van der Waals surface area contributed by atoms with Crippen LogP contribution in [0.25, 0.3) is 22.0 Å². The van der Waals surface area contributed by atoms with Crippen LogP contribution in [0, 0.1) is 5.92 Å². The summed E-state index contributed by atoms with van der Waals surface area (Å²) in [6.07, 6.45) is 3.50. The summed E-state index contributed by atoms with van der Waals surface area (Å²) in [5, 5.41) is 9.40. The van der Waals surface area contributed by atoms with Crippen molar-refractivity contribution in [1.29, 1.82) is 0 Å². The molecule has 3 heterocycles. The first kappa shape index (κ1) is 23.5. The molecule has 1 fully saturated rings. The fourth-order valence-corrected chi connectivity index (χ4v) is 4.49. The van der Waals surface area contributed by atoms with Gasteiger partial charge in [0.05, 0.1) is 23.9 Å². The van der Waals surface area contributed by atoms with Crippen LogP contribution in [0.3, 0.4) is 0 Å². The van der Waals surface area contributed by atoms with Gasteiger partial charge in [0.1, 0.15) is 5.75 Å². The van der Waals surface area contributed by atoms with E-state index < -0.39 is 12.6 Å². The first-order chi connectivity index (χ1) is 17.3. The number of anilines is 1. The number of ether oxygens (including phenoxy) is 1. The first-order valence-corrected chi connectivity index (χ1v) is 11.3. The van der Waals surface area contributed by atoms with E-state index in [9.17, 15) is 18.4 Å². The van der Waals surface area contributed by atoms with Crippen LogP contribution in [-0.2, 0) is 18.4 Å². The molecule has 0 amide bonds. The number of carbonyl (C=O) groups is 1. The van der Waals surface area contributed by atoms with Crippen molar-refractivity contribution in [3.8, 4) is 16.9 Å². The fraction of sp³-hybridized carbons (Fsp3) is 0.280. The lowest BCUT2D eigenvalue weighted by Gasteiger charge is -2.38. The molecular formula is C25H23F2N5O4. The monoisotopic (exact) mass is 495 g/mol. The van der Waals surface area contributed by atoms with Crippen molar-refractivity contribution in [3.63, 3.8) is 0 Å². The summed E-state index contributed by atoms with van der Waals surface area (Å²) in [5.41, 5.74) is 2.48. The Bertz CT molecular complexity index is 1480. The van der Waals surface area contributed by atoms with Gasteiger partial charge in [-0.25, -0.2) is 9.97 Å². The molecule has 5 rings (SSSR count). The van der Waals surface area contributed by atoms with Gasteiger partial charge in [-0.15, -0.1) is 0 Å². The SMILES string of the molecule is Cn1c(=O)c2ccc(-c3cnc(N4CC(CC(=O)O)C4)nc3)cc2n1Cc1ccccc1OC(F)F. The van der Waals surface area contributed by atoms with Crippen LogP contribution in [0.1, 0.15) is 12.0 Å². The molecule has 36 heavy (non-hydrogen) atoms. The van der Waals surface area contributed by atoms with E-state index in [0.717, 1.165) is 11.1 Å². The number of fused-ring (bicyclic) bond motifs is 1. The maximum absolute atomic E-state index is 12.9. The molecule has 0 aliphatic carbocycles. The molecule has 0 atom stereocenters. The van der Waals surface area contributed by atoms with Gasteiger partial charge >= 0.3 is 12.6 Å². The summed E-state index contributed by atoms with van der Waals surface area (Å²) in [6.45, 7) is -1.59. The number of hydrogen-bond acceptors (Lipinski definition) is 6. The molecule has 1 aliphatic rings. The zero-order valence-electron chi connectivity index (χ0n) is 19.3. The van der Waals surface area contributed by atoms with Crippen LogP contribution in [-0.4, -0.2) is 50.1 Å². The lowest BCUT2D eigenvalue weighted by Crippen LogP contribution is -2.48. The van der Waals surface area contributed by atoms with Crippen molar-refractivity contribution in [1.82, 2.24) is 19.3 Å². The summed E-state index contributed by atoms with van der Waals surface area (Å²) in [4.78, 5) is 34.4. The van der Waals surface area contributed by atoms with Crippen molar-refractivity contribution >= 4 is 22.8 Å². The van der Waals surface area contributed by atoms with Crippen LogP contribution >= 0.6 is 0 Å². The molecule has 4 aromatic rings. The standard InChI is InChI=1S/C25H23F2N5O4/c1-30-23(35)19-7-6-16(18-10-28-25(29-11-18)31-12-15(13-31)8-22(33)34)9-20(19)32(30)14-17-4-2-3-5-21(17)36-24(26)27/h2-7,9-11,15,24H,8,12-14H2,1H3,(H,33,34). The number of carboxylic acid groups (broad SMARTS) is 1. The third kappa shape index (κ3) is 4.51. The molecule has 0 bridgehead atoms. The minimum atomic E-state index is -2.95. The van der Waals surface area contributed by atoms with E-state index in [1.807, 2.05) is 17.0 Å². The third-order valence-corrected chi connectivity index (χ3v) is 6.35. The van der Waals surface area contributed by atoms with Gasteiger partial charge in [0.2, 0.25) is 5.95 Å². The van der Waals surface area contributed by atoms with Crippen LogP contribution in [0.4, 0.5) is 14.7 Å². The quantitative estimate of drug-likeness (QED) is 0.400. The Balaban J connectivity index is 1.43. The van der Waals surface area contributed by atoms with Crippen molar-refractivity contribution in [2.24, 2.45) is 13.0 Å². The Kier molecular flexibility index (Phi) is 6.13. The first-order valence-electron chi connectivity index (χ1n) is 11.3. The zero-order chi connectivity index (χ0) is 25.4.